The molecule has 20 heavy (non-hydrogen) atoms. The van der Waals surface area contributed by atoms with Crippen molar-refractivity contribution in [3.63, 3.8) is 0 Å². The van der Waals surface area contributed by atoms with Crippen molar-refractivity contribution in [2.45, 2.75) is 32.2 Å². The summed E-state index contributed by atoms with van der Waals surface area (Å²) < 4.78 is 29.3. The van der Waals surface area contributed by atoms with Gasteiger partial charge >= 0.3 is 5.69 Å². The monoisotopic (exact) mass is 281 g/mol. The number of aromatic nitrogens is 2. The number of nitrogens with two attached hydrogens (primary N) is 1. The third-order valence-corrected chi connectivity index (χ3v) is 3.65. The molecule has 1 heterocycles. The van der Waals surface area contributed by atoms with E-state index in [0.29, 0.717) is 4.68 Å². The first-order valence-electron chi connectivity index (χ1n) is 6.40. The highest BCUT2D eigenvalue weighted by Crippen LogP contribution is 2.36. The van der Waals surface area contributed by atoms with E-state index in [1.807, 2.05) is 0 Å². The summed E-state index contributed by atoms with van der Waals surface area (Å²) in [6, 6.07) is 0.712. The van der Waals surface area contributed by atoms with Crippen LogP contribution in [-0.4, -0.2) is 9.24 Å². The smallest absolute Gasteiger partial charge is 0.332 e. The zero-order chi connectivity index (χ0) is 14.6. The fraction of sp³-hybridized carbons (Fsp3) is 0.385. The minimum atomic E-state index is -1.10. The van der Waals surface area contributed by atoms with Crippen LogP contribution in [0.4, 0.5) is 8.78 Å². The Bertz CT molecular complexity index is 834. The topological polar surface area (TPSA) is 70.0 Å². The molecule has 1 fully saturated rings. The van der Waals surface area contributed by atoms with E-state index < -0.39 is 22.9 Å². The van der Waals surface area contributed by atoms with Crippen molar-refractivity contribution in [3.8, 4) is 0 Å². The molecule has 0 saturated heterocycles. The Hall–Kier alpha value is -2.18. The molecule has 1 aliphatic rings. The summed E-state index contributed by atoms with van der Waals surface area (Å²) in [4.78, 5) is 24.1. The highest BCUT2D eigenvalue weighted by molar-refractivity contribution is 5.82. The second-order valence-corrected chi connectivity index (χ2v) is 4.96. The molecular weight excluding hydrogens is 268 g/mol. The van der Waals surface area contributed by atoms with Gasteiger partial charge in [0.05, 0.1) is 10.9 Å². The number of rotatable bonds is 2. The number of nitrogens with zero attached hydrogens (tertiary/aromatic N) is 2. The van der Waals surface area contributed by atoms with E-state index in [2.05, 4.69) is 0 Å². The van der Waals surface area contributed by atoms with E-state index in [4.69, 9.17) is 5.84 Å². The first-order valence-corrected chi connectivity index (χ1v) is 6.40. The standard InChI is InChI=1S/C13H13F2N3O2/c1-2-7-10(15)9(14)5-8-11(7)17(6-3-4-6)13(20)18(16)12(8)19/h5-6H,2-4,16H2,1H3. The highest BCUT2D eigenvalue weighted by Gasteiger charge is 2.30. The molecule has 1 aromatic heterocycles. The number of fused-ring (bicyclic) bond motifs is 1. The molecule has 0 spiro atoms. The van der Waals surface area contributed by atoms with Gasteiger partial charge in [0.1, 0.15) is 0 Å². The van der Waals surface area contributed by atoms with Crippen molar-refractivity contribution in [1.29, 1.82) is 0 Å². The Kier molecular flexibility index (Phi) is 2.67. The molecule has 0 bridgehead atoms. The van der Waals surface area contributed by atoms with Crippen LogP contribution in [0.2, 0.25) is 0 Å². The molecule has 2 aromatic rings. The quantitative estimate of drug-likeness (QED) is 0.837. The summed E-state index contributed by atoms with van der Waals surface area (Å²) >= 11 is 0. The van der Waals surface area contributed by atoms with Crippen LogP contribution in [0.1, 0.15) is 31.4 Å². The van der Waals surface area contributed by atoms with E-state index in [-0.39, 0.29) is 28.9 Å². The van der Waals surface area contributed by atoms with Gasteiger partial charge in [0.15, 0.2) is 11.6 Å². The van der Waals surface area contributed by atoms with Crippen LogP contribution >= 0.6 is 0 Å². The van der Waals surface area contributed by atoms with Crippen LogP contribution in [0.3, 0.4) is 0 Å². The summed E-state index contributed by atoms with van der Waals surface area (Å²) in [6.45, 7) is 1.65. The Morgan fingerprint density at radius 1 is 1.35 bits per heavy atom. The Morgan fingerprint density at radius 2 is 2.00 bits per heavy atom. The minimum Gasteiger partial charge on any atom is -0.332 e. The van der Waals surface area contributed by atoms with E-state index in [1.54, 1.807) is 6.92 Å². The van der Waals surface area contributed by atoms with Crippen molar-refractivity contribution in [2.24, 2.45) is 0 Å². The van der Waals surface area contributed by atoms with Crippen LogP contribution in [-0.2, 0) is 6.42 Å². The lowest BCUT2D eigenvalue weighted by Gasteiger charge is -2.15. The van der Waals surface area contributed by atoms with Crippen molar-refractivity contribution in [2.75, 3.05) is 5.84 Å². The number of halogens is 2. The van der Waals surface area contributed by atoms with Gasteiger partial charge in [-0.3, -0.25) is 9.36 Å². The van der Waals surface area contributed by atoms with E-state index in [9.17, 15) is 18.4 Å². The van der Waals surface area contributed by atoms with Crippen LogP contribution in [0.25, 0.3) is 10.9 Å². The van der Waals surface area contributed by atoms with Crippen molar-refractivity contribution in [3.05, 3.63) is 44.1 Å². The number of hydrogen-bond donors (Lipinski definition) is 1. The van der Waals surface area contributed by atoms with E-state index >= 15 is 0 Å². The zero-order valence-corrected chi connectivity index (χ0v) is 10.8. The molecule has 0 unspecified atom stereocenters. The van der Waals surface area contributed by atoms with Crippen LogP contribution in [0.5, 0.6) is 0 Å². The third kappa shape index (κ3) is 1.59. The Labute approximate surface area is 112 Å². The van der Waals surface area contributed by atoms with Crippen LogP contribution < -0.4 is 17.1 Å². The van der Waals surface area contributed by atoms with Crippen molar-refractivity contribution < 1.29 is 8.78 Å². The van der Waals surface area contributed by atoms with Gasteiger partial charge in [-0.25, -0.2) is 13.6 Å². The number of aryl methyl sites for hydroxylation is 1. The number of benzene rings is 1. The van der Waals surface area contributed by atoms with Gasteiger partial charge < -0.3 is 5.84 Å². The molecule has 0 amide bonds. The molecule has 1 aromatic carbocycles. The SMILES string of the molecule is CCc1c(F)c(F)cc2c(=O)n(N)c(=O)n(C3CC3)c12. The Balaban J connectivity index is 2.62. The lowest BCUT2D eigenvalue weighted by Crippen LogP contribution is -2.44. The fourth-order valence-corrected chi connectivity index (χ4v) is 2.53. The lowest BCUT2D eigenvalue weighted by atomic mass is 10.1. The van der Waals surface area contributed by atoms with Crippen molar-refractivity contribution >= 4 is 10.9 Å². The zero-order valence-electron chi connectivity index (χ0n) is 10.8. The van der Waals surface area contributed by atoms with Gasteiger partial charge in [-0.05, 0) is 25.3 Å². The summed E-state index contributed by atoms with van der Waals surface area (Å²) in [7, 11) is 0. The predicted molar refractivity (Wildman–Crippen MR) is 70.2 cm³/mol. The highest BCUT2D eigenvalue weighted by atomic mass is 19.2. The maximum Gasteiger partial charge on any atom is 0.350 e. The van der Waals surface area contributed by atoms with E-state index in [0.717, 1.165) is 18.9 Å². The van der Waals surface area contributed by atoms with Gasteiger partial charge in [-0.2, -0.15) is 4.68 Å². The summed E-state index contributed by atoms with van der Waals surface area (Å²) in [5.74, 6) is 3.33. The molecule has 3 rings (SSSR count). The lowest BCUT2D eigenvalue weighted by molar-refractivity contribution is 0.500. The molecule has 7 heteroatoms. The maximum atomic E-state index is 13.9. The van der Waals surface area contributed by atoms with Gasteiger partial charge in [0.2, 0.25) is 0 Å². The van der Waals surface area contributed by atoms with Gasteiger partial charge in [-0.15, -0.1) is 0 Å². The second-order valence-electron chi connectivity index (χ2n) is 4.96. The van der Waals surface area contributed by atoms with E-state index in [1.165, 1.54) is 4.57 Å². The molecular formula is C13H13F2N3O2. The molecule has 106 valence electrons. The first-order chi connectivity index (χ1) is 9.47. The van der Waals surface area contributed by atoms with Gasteiger partial charge in [-0.1, -0.05) is 6.92 Å². The fourth-order valence-electron chi connectivity index (χ4n) is 2.53. The summed E-state index contributed by atoms with van der Waals surface area (Å²) in [5.41, 5.74) is -1.28. The van der Waals surface area contributed by atoms with Gasteiger partial charge in [0, 0.05) is 11.6 Å². The molecule has 5 nitrogen and oxygen atoms in total. The summed E-state index contributed by atoms with van der Waals surface area (Å²) in [5, 5.41) is -0.0604. The summed E-state index contributed by atoms with van der Waals surface area (Å²) in [6.07, 6.45) is 1.70. The van der Waals surface area contributed by atoms with Crippen molar-refractivity contribution in [1.82, 2.24) is 9.24 Å². The van der Waals surface area contributed by atoms with Crippen LogP contribution in [0.15, 0.2) is 15.7 Å². The molecule has 0 radical (unpaired) electrons. The average molecular weight is 281 g/mol. The average Bonchev–Trinajstić information content (AvgIpc) is 3.24. The number of nitrogen functional groups attached to an aromatic ring is 1. The normalized spacial score (nSPS) is 14.9. The number of hydrogen-bond acceptors (Lipinski definition) is 3. The third-order valence-electron chi connectivity index (χ3n) is 3.65. The molecule has 0 aliphatic heterocycles. The molecule has 1 saturated carbocycles. The molecule has 1 aliphatic carbocycles. The minimum absolute atomic E-state index is 0.0432. The van der Waals surface area contributed by atoms with Crippen LogP contribution in [0, 0.1) is 11.6 Å². The molecule has 2 N–H and O–H groups in total. The second kappa shape index (κ2) is 4.16. The Morgan fingerprint density at radius 3 is 2.55 bits per heavy atom. The first kappa shape index (κ1) is 12.8. The van der Waals surface area contributed by atoms with Gasteiger partial charge in [0.25, 0.3) is 5.56 Å². The largest absolute Gasteiger partial charge is 0.350 e. The molecule has 0 atom stereocenters. The maximum absolute atomic E-state index is 13.9. The predicted octanol–water partition coefficient (Wildman–Crippen LogP) is 1.05.